The van der Waals surface area contributed by atoms with E-state index in [2.05, 4.69) is 0 Å². The second kappa shape index (κ2) is 4.08. The van der Waals surface area contributed by atoms with Gasteiger partial charge in [0.25, 0.3) is 0 Å². The molecular formula is C6H20O6Si4. The van der Waals surface area contributed by atoms with E-state index in [1.54, 1.807) is 26.2 Å². The van der Waals surface area contributed by atoms with Gasteiger partial charge >= 0.3 is 34.7 Å². The lowest BCUT2D eigenvalue weighted by Gasteiger charge is -2.43. The summed E-state index contributed by atoms with van der Waals surface area (Å²) in [5.41, 5.74) is 0. The van der Waals surface area contributed by atoms with Gasteiger partial charge in [-0.1, -0.05) is 0 Å². The highest BCUT2D eigenvalue weighted by molar-refractivity contribution is 6.90. The summed E-state index contributed by atoms with van der Waals surface area (Å²) in [4.78, 5) is 19.4. The van der Waals surface area contributed by atoms with Gasteiger partial charge in [-0.3, -0.25) is 0 Å². The van der Waals surface area contributed by atoms with Crippen molar-refractivity contribution in [3.8, 4) is 0 Å². The molecule has 0 atom stereocenters. The van der Waals surface area contributed by atoms with Crippen molar-refractivity contribution >= 4 is 34.7 Å². The molecule has 1 aliphatic heterocycles. The fraction of sp³-hybridized carbons (Fsp3) is 1.00. The molecule has 1 aliphatic rings. The lowest BCUT2D eigenvalue weighted by atomic mass is 11.9. The molecule has 0 aliphatic carbocycles. The summed E-state index contributed by atoms with van der Waals surface area (Å²) in [6.07, 6.45) is 0. The van der Waals surface area contributed by atoms with Crippen LogP contribution in [0.2, 0.25) is 39.3 Å². The molecule has 0 bridgehead atoms. The molecule has 1 fully saturated rings. The van der Waals surface area contributed by atoms with Crippen LogP contribution in [0.4, 0.5) is 0 Å². The first-order valence-corrected chi connectivity index (χ1v) is 15.2. The molecule has 0 aromatic rings. The summed E-state index contributed by atoms with van der Waals surface area (Å²) in [5.74, 6) is 0. The molecule has 0 saturated carbocycles. The Morgan fingerprint density at radius 3 is 1.12 bits per heavy atom. The standard InChI is InChI=1S/C6H20O6Si4/c1-13(2)9-14(3,4)11-16(7,8)12-15(5,6)10-13/h7-8H,1-6H3. The predicted molar refractivity (Wildman–Crippen MR) is 67.0 cm³/mol. The van der Waals surface area contributed by atoms with Crippen LogP contribution in [0, 0.1) is 0 Å². The second-order valence-corrected chi connectivity index (χ2v) is 17.9. The summed E-state index contributed by atoms with van der Waals surface area (Å²) in [6, 6.07) is 0. The van der Waals surface area contributed by atoms with Crippen LogP contribution in [0.3, 0.4) is 0 Å². The molecular weight excluding hydrogens is 280 g/mol. The van der Waals surface area contributed by atoms with Crippen molar-refractivity contribution in [1.82, 2.24) is 0 Å². The maximum absolute atomic E-state index is 9.70. The normalized spacial score (nSPS) is 31.5. The highest BCUT2D eigenvalue weighted by Gasteiger charge is 2.55. The van der Waals surface area contributed by atoms with Gasteiger partial charge in [0.2, 0.25) is 0 Å². The molecule has 0 aromatic heterocycles. The fourth-order valence-corrected chi connectivity index (χ4v) is 18.7. The monoisotopic (exact) mass is 300 g/mol. The third-order valence-electron chi connectivity index (χ3n) is 1.74. The van der Waals surface area contributed by atoms with E-state index in [1.807, 2.05) is 13.1 Å². The first-order chi connectivity index (χ1) is 6.83. The Morgan fingerprint density at radius 2 is 0.812 bits per heavy atom. The van der Waals surface area contributed by atoms with Gasteiger partial charge in [-0.2, -0.15) is 0 Å². The maximum atomic E-state index is 9.70. The summed E-state index contributed by atoms with van der Waals surface area (Å²) < 4.78 is 22.2. The molecule has 96 valence electrons. The van der Waals surface area contributed by atoms with E-state index in [0.29, 0.717) is 0 Å². The third kappa shape index (κ3) is 4.48. The number of hydrogen-bond acceptors (Lipinski definition) is 6. The molecule has 10 heteroatoms. The average molecular weight is 301 g/mol. The van der Waals surface area contributed by atoms with Gasteiger partial charge in [-0.05, 0) is 39.3 Å². The van der Waals surface area contributed by atoms with Gasteiger partial charge in [0.1, 0.15) is 0 Å². The van der Waals surface area contributed by atoms with Crippen LogP contribution in [0.25, 0.3) is 0 Å². The van der Waals surface area contributed by atoms with E-state index in [4.69, 9.17) is 16.5 Å². The Bertz CT molecular complexity index is 206. The van der Waals surface area contributed by atoms with Crippen LogP contribution >= 0.6 is 0 Å². The summed E-state index contributed by atoms with van der Waals surface area (Å²) in [7, 11) is -11.7. The van der Waals surface area contributed by atoms with Crippen LogP contribution in [-0.2, 0) is 16.5 Å². The summed E-state index contributed by atoms with van der Waals surface area (Å²) in [6.45, 7) is 10.8. The van der Waals surface area contributed by atoms with Crippen LogP contribution in [-0.4, -0.2) is 44.3 Å². The third-order valence-corrected chi connectivity index (χ3v) is 15.7. The Labute approximate surface area is 100 Å². The largest absolute Gasteiger partial charge is 0.655 e. The molecule has 1 rings (SSSR count). The molecule has 0 amide bonds. The van der Waals surface area contributed by atoms with Crippen molar-refractivity contribution in [2.24, 2.45) is 0 Å². The zero-order chi connectivity index (χ0) is 12.8. The smallest absolute Gasteiger partial charge is 0.416 e. The van der Waals surface area contributed by atoms with E-state index < -0.39 is 34.7 Å². The van der Waals surface area contributed by atoms with E-state index in [9.17, 15) is 9.59 Å². The first-order valence-electron chi connectivity index (χ1n) is 5.08. The molecule has 0 radical (unpaired) electrons. The molecule has 0 spiro atoms. The Morgan fingerprint density at radius 1 is 0.562 bits per heavy atom. The second-order valence-electron chi connectivity index (χ2n) is 5.16. The Hall–Kier alpha value is 0.628. The average Bonchev–Trinajstić information content (AvgIpc) is 1.67. The summed E-state index contributed by atoms with van der Waals surface area (Å²) >= 11 is 0. The van der Waals surface area contributed by atoms with Crippen molar-refractivity contribution in [3.63, 3.8) is 0 Å². The molecule has 6 nitrogen and oxygen atoms in total. The molecule has 0 aromatic carbocycles. The van der Waals surface area contributed by atoms with Gasteiger partial charge in [0.15, 0.2) is 0 Å². The SMILES string of the molecule is C[Si]1(C)O[Si](C)(C)O[Si](O)(O)O[Si](C)(C)O1. The van der Waals surface area contributed by atoms with Crippen molar-refractivity contribution in [2.45, 2.75) is 39.3 Å². The zero-order valence-corrected chi connectivity index (χ0v) is 14.5. The van der Waals surface area contributed by atoms with Gasteiger partial charge < -0.3 is 26.1 Å². The van der Waals surface area contributed by atoms with E-state index in [1.165, 1.54) is 0 Å². The predicted octanol–water partition coefficient (Wildman–Crippen LogP) is 0.592. The molecule has 1 saturated heterocycles. The maximum Gasteiger partial charge on any atom is 0.655 e. The molecule has 0 unspecified atom stereocenters. The van der Waals surface area contributed by atoms with Crippen molar-refractivity contribution in [3.05, 3.63) is 0 Å². The minimum absolute atomic E-state index is 1.75. The van der Waals surface area contributed by atoms with E-state index in [0.717, 1.165) is 0 Å². The minimum atomic E-state index is -4.11. The quantitative estimate of drug-likeness (QED) is 0.638. The molecule has 2 N–H and O–H groups in total. The van der Waals surface area contributed by atoms with Crippen LogP contribution in [0.5, 0.6) is 0 Å². The first kappa shape index (κ1) is 14.7. The Balaban J connectivity index is 2.98. The van der Waals surface area contributed by atoms with Crippen LogP contribution < -0.4 is 0 Å². The van der Waals surface area contributed by atoms with Crippen LogP contribution in [0.1, 0.15) is 0 Å². The van der Waals surface area contributed by atoms with Gasteiger partial charge in [0.05, 0.1) is 0 Å². The van der Waals surface area contributed by atoms with Crippen molar-refractivity contribution in [1.29, 1.82) is 0 Å². The van der Waals surface area contributed by atoms with Crippen molar-refractivity contribution < 1.29 is 26.1 Å². The minimum Gasteiger partial charge on any atom is -0.416 e. The van der Waals surface area contributed by atoms with Gasteiger partial charge in [-0.25, -0.2) is 0 Å². The van der Waals surface area contributed by atoms with E-state index >= 15 is 0 Å². The molecule has 16 heavy (non-hydrogen) atoms. The number of rotatable bonds is 0. The highest BCUT2D eigenvalue weighted by Crippen LogP contribution is 2.28. The Kier molecular flexibility index (Phi) is 3.75. The number of hydrogen-bond donors (Lipinski definition) is 2. The lowest BCUT2D eigenvalue weighted by molar-refractivity contribution is 0.0942. The van der Waals surface area contributed by atoms with Crippen LogP contribution in [0.15, 0.2) is 0 Å². The summed E-state index contributed by atoms with van der Waals surface area (Å²) in [5, 5.41) is 0. The highest BCUT2D eigenvalue weighted by atomic mass is 28.5. The van der Waals surface area contributed by atoms with E-state index in [-0.39, 0.29) is 0 Å². The van der Waals surface area contributed by atoms with Crippen molar-refractivity contribution in [2.75, 3.05) is 0 Å². The lowest BCUT2D eigenvalue weighted by Crippen LogP contribution is -2.66. The fourth-order valence-electron chi connectivity index (χ4n) is 1.91. The zero-order valence-electron chi connectivity index (χ0n) is 10.5. The van der Waals surface area contributed by atoms with Gasteiger partial charge in [0, 0.05) is 0 Å². The topological polar surface area (TPSA) is 77.4 Å². The molecule has 1 heterocycles. The van der Waals surface area contributed by atoms with Gasteiger partial charge in [-0.15, -0.1) is 0 Å².